The molecule has 0 radical (unpaired) electrons. The molecule has 0 fully saturated rings. The molecular weight excluding hydrogens is 222 g/mol. The molecular formula is C16H19NO. The third-order valence-corrected chi connectivity index (χ3v) is 3.00. The molecule has 0 spiro atoms. The van der Waals surface area contributed by atoms with Crippen LogP contribution in [0.5, 0.6) is 0 Å². The van der Waals surface area contributed by atoms with E-state index >= 15 is 0 Å². The average molecular weight is 241 g/mol. The number of aldehydes is 1. The summed E-state index contributed by atoms with van der Waals surface area (Å²) in [5, 5.41) is 0. The Morgan fingerprint density at radius 3 is 2.44 bits per heavy atom. The van der Waals surface area contributed by atoms with Crippen molar-refractivity contribution in [3.8, 4) is 0 Å². The smallest absolute Gasteiger partial charge is 0.166 e. The minimum atomic E-state index is 0.533. The van der Waals surface area contributed by atoms with E-state index in [-0.39, 0.29) is 0 Å². The lowest BCUT2D eigenvalue weighted by Crippen LogP contribution is -2.11. The number of hydrogen-bond acceptors (Lipinski definition) is 1. The average Bonchev–Trinajstić information content (AvgIpc) is 2.72. The first-order valence-electron chi connectivity index (χ1n) is 6.38. The van der Waals surface area contributed by atoms with E-state index in [2.05, 4.69) is 36.6 Å². The Balaban J connectivity index is 2.27. The summed E-state index contributed by atoms with van der Waals surface area (Å²) in [4.78, 5) is 11.1. The first kappa shape index (κ1) is 12.6. The van der Waals surface area contributed by atoms with E-state index in [1.807, 2.05) is 24.3 Å². The van der Waals surface area contributed by atoms with Gasteiger partial charge in [0.05, 0.1) is 5.69 Å². The van der Waals surface area contributed by atoms with Crippen molar-refractivity contribution >= 4 is 6.29 Å². The van der Waals surface area contributed by atoms with Gasteiger partial charge in [0.25, 0.3) is 0 Å². The Morgan fingerprint density at radius 1 is 1.11 bits per heavy atom. The zero-order chi connectivity index (χ0) is 13.0. The van der Waals surface area contributed by atoms with E-state index in [9.17, 15) is 4.79 Å². The first-order valence-corrected chi connectivity index (χ1v) is 6.38. The third-order valence-electron chi connectivity index (χ3n) is 3.00. The van der Waals surface area contributed by atoms with Gasteiger partial charge in [-0.25, -0.2) is 0 Å². The van der Waals surface area contributed by atoms with Gasteiger partial charge >= 0.3 is 0 Å². The zero-order valence-corrected chi connectivity index (χ0v) is 11.0. The molecule has 0 amide bonds. The van der Waals surface area contributed by atoms with Crippen LogP contribution in [-0.2, 0) is 13.0 Å². The number of rotatable bonds is 5. The highest BCUT2D eigenvalue weighted by Gasteiger charge is 2.09. The van der Waals surface area contributed by atoms with Gasteiger partial charge in [-0.3, -0.25) is 4.79 Å². The summed E-state index contributed by atoms with van der Waals surface area (Å²) < 4.78 is 2.13. The summed E-state index contributed by atoms with van der Waals surface area (Å²) in [5.74, 6) is 0.533. The minimum absolute atomic E-state index is 0.533. The molecule has 1 heterocycles. The van der Waals surface area contributed by atoms with Crippen molar-refractivity contribution in [1.29, 1.82) is 0 Å². The van der Waals surface area contributed by atoms with E-state index in [1.165, 1.54) is 11.3 Å². The molecule has 0 aliphatic rings. The predicted octanol–water partition coefficient (Wildman–Crippen LogP) is 3.55. The second-order valence-electron chi connectivity index (χ2n) is 5.03. The molecule has 1 aromatic carbocycles. The van der Waals surface area contributed by atoms with Crippen LogP contribution in [0.3, 0.4) is 0 Å². The Kier molecular flexibility index (Phi) is 3.98. The molecule has 0 saturated carbocycles. The topological polar surface area (TPSA) is 22.0 Å². The molecule has 0 atom stereocenters. The summed E-state index contributed by atoms with van der Waals surface area (Å²) in [6, 6.07) is 14.3. The molecule has 1 aromatic heterocycles. The highest BCUT2D eigenvalue weighted by atomic mass is 16.1. The van der Waals surface area contributed by atoms with Gasteiger partial charge in [0, 0.05) is 18.7 Å². The molecule has 18 heavy (non-hydrogen) atoms. The van der Waals surface area contributed by atoms with Gasteiger partial charge in [0.2, 0.25) is 0 Å². The van der Waals surface area contributed by atoms with Crippen LogP contribution in [0.15, 0.2) is 42.5 Å². The van der Waals surface area contributed by atoms with Crippen LogP contribution in [0.4, 0.5) is 0 Å². The third kappa shape index (κ3) is 2.89. The second-order valence-corrected chi connectivity index (χ2v) is 5.03. The highest BCUT2D eigenvalue weighted by molar-refractivity contribution is 5.72. The Bertz CT molecular complexity index is 511. The van der Waals surface area contributed by atoms with Crippen molar-refractivity contribution in [2.24, 2.45) is 5.92 Å². The van der Waals surface area contributed by atoms with Crippen molar-refractivity contribution in [1.82, 2.24) is 4.57 Å². The fourth-order valence-corrected chi connectivity index (χ4v) is 2.18. The lowest BCUT2D eigenvalue weighted by atomic mass is 10.1. The molecule has 0 N–H and O–H groups in total. The monoisotopic (exact) mass is 241 g/mol. The van der Waals surface area contributed by atoms with Crippen LogP contribution < -0.4 is 0 Å². The largest absolute Gasteiger partial charge is 0.342 e. The van der Waals surface area contributed by atoms with Gasteiger partial charge in [-0.15, -0.1) is 0 Å². The number of benzene rings is 1. The van der Waals surface area contributed by atoms with Crippen molar-refractivity contribution in [2.45, 2.75) is 26.8 Å². The van der Waals surface area contributed by atoms with Crippen molar-refractivity contribution in [3.05, 3.63) is 59.4 Å². The highest BCUT2D eigenvalue weighted by Crippen LogP contribution is 2.15. The Hall–Kier alpha value is -1.83. The van der Waals surface area contributed by atoms with Crippen molar-refractivity contribution in [2.75, 3.05) is 0 Å². The first-order chi connectivity index (χ1) is 8.70. The fraction of sp³-hybridized carbons (Fsp3) is 0.312. The summed E-state index contributed by atoms with van der Waals surface area (Å²) in [6.45, 7) is 5.23. The quantitative estimate of drug-likeness (QED) is 0.734. The number of hydrogen-bond donors (Lipinski definition) is 0. The van der Waals surface area contributed by atoms with E-state index in [1.54, 1.807) is 0 Å². The molecule has 0 aliphatic heterocycles. The van der Waals surface area contributed by atoms with Gasteiger partial charge in [-0.1, -0.05) is 44.2 Å². The molecule has 2 rings (SSSR count). The Labute approximate surface area is 108 Å². The number of carbonyl (C=O) groups is 1. The summed E-state index contributed by atoms with van der Waals surface area (Å²) >= 11 is 0. The molecule has 2 aromatic rings. The second kappa shape index (κ2) is 5.67. The predicted molar refractivity (Wildman–Crippen MR) is 73.9 cm³/mol. The minimum Gasteiger partial charge on any atom is -0.342 e. The maximum atomic E-state index is 11.1. The molecule has 0 saturated heterocycles. The van der Waals surface area contributed by atoms with E-state index in [0.29, 0.717) is 5.92 Å². The number of carbonyl (C=O) groups excluding carboxylic acids is 1. The number of nitrogens with zero attached hydrogens (tertiary/aromatic N) is 1. The molecule has 2 nitrogen and oxygen atoms in total. The molecule has 2 heteroatoms. The standard InChI is InChI=1S/C16H19NO/c1-13(2)11-17-15(8-9-16(17)12-18)10-14-6-4-3-5-7-14/h3-9,12-13H,10-11H2,1-2H3. The van der Waals surface area contributed by atoms with Crippen molar-refractivity contribution < 1.29 is 4.79 Å². The van der Waals surface area contributed by atoms with Crippen LogP contribution >= 0.6 is 0 Å². The fourth-order valence-electron chi connectivity index (χ4n) is 2.18. The van der Waals surface area contributed by atoms with Gasteiger partial charge in [-0.05, 0) is 23.6 Å². The lowest BCUT2D eigenvalue weighted by Gasteiger charge is -2.13. The maximum Gasteiger partial charge on any atom is 0.166 e. The van der Waals surface area contributed by atoms with E-state index < -0.39 is 0 Å². The summed E-state index contributed by atoms with van der Waals surface area (Å²) in [5.41, 5.74) is 3.25. The van der Waals surface area contributed by atoms with Gasteiger partial charge in [0.1, 0.15) is 0 Å². The van der Waals surface area contributed by atoms with E-state index in [0.717, 1.165) is 24.9 Å². The molecule has 0 unspecified atom stereocenters. The SMILES string of the molecule is CC(C)Cn1c(C=O)ccc1Cc1ccccc1. The summed E-state index contributed by atoms with van der Waals surface area (Å²) in [6.07, 6.45) is 1.82. The zero-order valence-electron chi connectivity index (χ0n) is 11.0. The van der Waals surface area contributed by atoms with Crippen molar-refractivity contribution in [3.63, 3.8) is 0 Å². The lowest BCUT2D eigenvalue weighted by molar-refractivity contribution is 0.111. The molecule has 0 bridgehead atoms. The maximum absolute atomic E-state index is 11.1. The normalized spacial score (nSPS) is 10.8. The van der Waals surface area contributed by atoms with E-state index in [4.69, 9.17) is 0 Å². The summed E-state index contributed by atoms with van der Waals surface area (Å²) in [7, 11) is 0. The number of aromatic nitrogens is 1. The van der Waals surface area contributed by atoms with Crippen LogP contribution in [0.25, 0.3) is 0 Å². The van der Waals surface area contributed by atoms with Crippen LogP contribution in [0.2, 0.25) is 0 Å². The van der Waals surface area contributed by atoms with Gasteiger partial charge in [-0.2, -0.15) is 0 Å². The molecule has 0 aliphatic carbocycles. The van der Waals surface area contributed by atoms with Crippen LogP contribution in [0.1, 0.15) is 35.6 Å². The van der Waals surface area contributed by atoms with Crippen LogP contribution in [-0.4, -0.2) is 10.9 Å². The molecule has 94 valence electrons. The van der Waals surface area contributed by atoms with Gasteiger partial charge in [0.15, 0.2) is 6.29 Å². The van der Waals surface area contributed by atoms with Crippen LogP contribution in [0, 0.1) is 5.92 Å². The van der Waals surface area contributed by atoms with Gasteiger partial charge < -0.3 is 4.57 Å². The Morgan fingerprint density at radius 2 is 1.83 bits per heavy atom.